The first kappa shape index (κ1) is 16.4. The molecule has 0 aliphatic rings. The zero-order valence-corrected chi connectivity index (χ0v) is 14.4. The molecule has 1 unspecified atom stereocenters. The van der Waals surface area contributed by atoms with Gasteiger partial charge in [-0.05, 0) is 24.3 Å². The summed E-state index contributed by atoms with van der Waals surface area (Å²) in [6.07, 6.45) is 0. The van der Waals surface area contributed by atoms with E-state index in [4.69, 9.17) is 32.7 Å². The van der Waals surface area contributed by atoms with Gasteiger partial charge in [0.15, 0.2) is 0 Å². The van der Waals surface area contributed by atoms with E-state index in [0.717, 1.165) is 0 Å². The Labute approximate surface area is 140 Å². The van der Waals surface area contributed by atoms with Crippen LogP contribution in [0.15, 0.2) is 34.8 Å². The Kier molecular flexibility index (Phi) is 5.36. The number of ether oxygens (including phenoxy) is 2. The summed E-state index contributed by atoms with van der Waals surface area (Å²) in [5.41, 5.74) is 0.922. The minimum atomic E-state index is -0.726. The smallest absolute Gasteiger partial charge is 0.146 e. The predicted octanol–water partition coefficient (Wildman–Crippen LogP) is 5.59. The highest BCUT2D eigenvalue weighted by Crippen LogP contribution is 2.43. The third-order valence-corrected chi connectivity index (χ3v) is 4.35. The molecular formula is C15H12BrCl2FO2. The van der Waals surface area contributed by atoms with E-state index in [9.17, 15) is 4.39 Å². The molecule has 0 amide bonds. The normalized spacial score (nSPS) is 12.1. The molecule has 2 aromatic rings. The van der Waals surface area contributed by atoms with E-state index in [0.29, 0.717) is 32.1 Å². The Balaban J connectivity index is 2.52. The first-order valence-electron chi connectivity index (χ1n) is 5.99. The van der Waals surface area contributed by atoms with E-state index in [1.54, 1.807) is 24.3 Å². The van der Waals surface area contributed by atoms with Gasteiger partial charge >= 0.3 is 0 Å². The Morgan fingerprint density at radius 3 is 2.33 bits per heavy atom. The first-order valence-corrected chi connectivity index (χ1v) is 7.59. The molecule has 0 N–H and O–H groups in total. The average Bonchev–Trinajstić information content (AvgIpc) is 2.46. The second kappa shape index (κ2) is 6.86. The van der Waals surface area contributed by atoms with Crippen LogP contribution in [0.1, 0.15) is 16.5 Å². The molecule has 0 saturated heterocycles. The summed E-state index contributed by atoms with van der Waals surface area (Å²) in [5.74, 6) is 0.439. The van der Waals surface area contributed by atoms with E-state index >= 15 is 0 Å². The molecule has 2 rings (SSSR count). The van der Waals surface area contributed by atoms with Crippen LogP contribution in [0, 0.1) is 5.82 Å². The molecule has 0 heterocycles. The van der Waals surface area contributed by atoms with Crippen molar-refractivity contribution < 1.29 is 13.9 Å². The maximum atomic E-state index is 14.1. The summed E-state index contributed by atoms with van der Waals surface area (Å²) in [5, 5.41) is -0.419. The van der Waals surface area contributed by atoms with E-state index < -0.39 is 11.2 Å². The van der Waals surface area contributed by atoms with Crippen LogP contribution in [0.2, 0.25) is 5.02 Å². The van der Waals surface area contributed by atoms with Crippen LogP contribution in [0.25, 0.3) is 0 Å². The first-order chi connectivity index (χ1) is 9.99. The summed E-state index contributed by atoms with van der Waals surface area (Å²) in [6, 6.07) is 8.09. The lowest BCUT2D eigenvalue weighted by molar-refractivity contribution is 0.391. The SMILES string of the molecule is COc1ccc(C(Cl)c2ccc(Br)cc2F)c(OC)c1Cl. The third kappa shape index (κ3) is 3.28. The van der Waals surface area contributed by atoms with Crippen molar-refractivity contribution >= 4 is 39.1 Å². The molecule has 21 heavy (non-hydrogen) atoms. The zero-order valence-electron chi connectivity index (χ0n) is 11.3. The lowest BCUT2D eigenvalue weighted by atomic mass is 10.0. The van der Waals surface area contributed by atoms with Gasteiger partial charge in [0, 0.05) is 15.6 Å². The van der Waals surface area contributed by atoms with Crippen molar-refractivity contribution in [2.45, 2.75) is 5.38 Å². The number of alkyl halides is 1. The summed E-state index contributed by atoms with van der Waals surface area (Å²) in [6.45, 7) is 0. The average molecular weight is 394 g/mol. The highest BCUT2D eigenvalue weighted by atomic mass is 79.9. The van der Waals surface area contributed by atoms with Crippen LogP contribution in [-0.2, 0) is 0 Å². The van der Waals surface area contributed by atoms with Gasteiger partial charge in [-0.25, -0.2) is 4.39 Å². The topological polar surface area (TPSA) is 18.5 Å². The van der Waals surface area contributed by atoms with E-state index in [1.807, 2.05) is 0 Å². The van der Waals surface area contributed by atoms with Gasteiger partial charge in [-0.1, -0.05) is 33.6 Å². The van der Waals surface area contributed by atoms with Crippen molar-refractivity contribution in [1.82, 2.24) is 0 Å². The van der Waals surface area contributed by atoms with Crippen molar-refractivity contribution in [3.05, 3.63) is 56.8 Å². The second-order valence-corrected chi connectivity index (χ2v) is 5.96. The van der Waals surface area contributed by atoms with Gasteiger partial charge < -0.3 is 9.47 Å². The molecule has 0 bridgehead atoms. The number of halogens is 4. The predicted molar refractivity (Wildman–Crippen MR) is 86.4 cm³/mol. The van der Waals surface area contributed by atoms with Gasteiger partial charge in [0.1, 0.15) is 22.3 Å². The highest BCUT2D eigenvalue weighted by molar-refractivity contribution is 9.10. The largest absolute Gasteiger partial charge is 0.495 e. The number of benzene rings is 2. The fourth-order valence-electron chi connectivity index (χ4n) is 1.99. The molecule has 112 valence electrons. The van der Waals surface area contributed by atoms with Gasteiger partial charge in [-0.3, -0.25) is 0 Å². The molecule has 0 aromatic heterocycles. The number of methoxy groups -OCH3 is 2. The van der Waals surface area contributed by atoms with Crippen molar-refractivity contribution in [2.75, 3.05) is 14.2 Å². The van der Waals surface area contributed by atoms with Crippen LogP contribution in [0.3, 0.4) is 0 Å². The van der Waals surface area contributed by atoms with Gasteiger partial charge in [0.2, 0.25) is 0 Å². The quantitative estimate of drug-likeness (QED) is 0.630. The Hall–Kier alpha value is -0.970. The zero-order chi connectivity index (χ0) is 15.6. The summed E-state index contributed by atoms with van der Waals surface area (Å²) < 4.78 is 25.1. The number of hydrogen-bond donors (Lipinski definition) is 0. The van der Waals surface area contributed by atoms with Gasteiger partial charge in [0.05, 0.1) is 19.6 Å². The highest BCUT2D eigenvalue weighted by Gasteiger charge is 2.22. The monoisotopic (exact) mass is 392 g/mol. The maximum Gasteiger partial charge on any atom is 0.146 e. The van der Waals surface area contributed by atoms with Gasteiger partial charge in [-0.2, -0.15) is 0 Å². The van der Waals surface area contributed by atoms with Crippen molar-refractivity contribution in [2.24, 2.45) is 0 Å². The van der Waals surface area contributed by atoms with Crippen LogP contribution < -0.4 is 9.47 Å². The molecule has 0 spiro atoms. The van der Waals surface area contributed by atoms with Crippen LogP contribution in [0.5, 0.6) is 11.5 Å². The Morgan fingerprint density at radius 1 is 1.10 bits per heavy atom. The number of rotatable bonds is 4. The molecule has 2 aromatic carbocycles. The third-order valence-electron chi connectivity index (χ3n) is 3.02. The lowest BCUT2D eigenvalue weighted by Gasteiger charge is -2.17. The molecule has 6 heteroatoms. The fraction of sp³-hybridized carbons (Fsp3) is 0.200. The molecule has 1 atom stereocenters. The molecule has 0 aliphatic carbocycles. The Bertz CT molecular complexity index is 664. The van der Waals surface area contributed by atoms with Crippen molar-refractivity contribution in [3.8, 4) is 11.5 Å². The molecular weight excluding hydrogens is 382 g/mol. The van der Waals surface area contributed by atoms with Gasteiger partial charge in [0.25, 0.3) is 0 Å². The lowest BCUT2D eigenvalue weighted by Crippen LogP contribution is -2.01. The minimum absolute atomic E-state index is 0.306. The van der Waals surface area contributed by atoms with Crippen molar-refractivity contribution in [1.29, 1.82) is 0 Å². The minimum Gasteiger partial charge on any atom is -0.495 e. The summed E-state index contributed by atoms with van der Waals surface area (Å²) in [4.78, 5) is 0. The number of hydrogen-bond acceptors (Lipinski definition) is 2. The second-order valence-electron chi connectivity index (χ2n) is 4.23. The molecule has 0 radical (unpaired) electrons. The Morgan fingerprint density at radius 2 is 1.76 bits per heavy atom. The molecule has 0 fully saturated rings. The molecule has 0 aliphatic heterocycles. The van der Waals surface area contributed by atoms with Crippen LogP contribution in [0.4, 0.5) is 4.39 Å². The van der Waals surface area contributed by atoms with E-state index in [2.05, 4.69) is 15.9 Å². The van der Waals surface area contributed by atoms with Gasteiger partial charge in [-0.15, -0.1) is 11.6 Å². The molecule has 2 nitrogen and oxygen atoms in total. The summed E-state index contributed by atoms with van der Waals surface area (Å²) in [7, 11) is 2.98. The van der Waals surface area contributed by atoms with Crippen molar-refractivity contribution in [3.63, 3.8) is 0 Å². The summed E-state index contributed by atoms with van der Waals surface area (Å²) >= 11 is 15.8. The maximum absolute atomic E-state index is 14.1. The fourth-order valence-corrected chi connectivity index (χ4v) is 3.00. The van der Waals surface area contributed by atoms with Crippen LogP contribution >= 0.6 is 39.1 Å². The van der Waals surface area contributed by atoms with E-state index in [1.165, 1.54) is 20.3 Å². The standard InChI is InChI=1S/C15H12BrCl2FO2/c1-20-12-6-5-10(15(21-2)14(12)18)13(17)9-4-3-8(16)7-11(9)19/h3-7,13H,1-2H3. The van der Waals surface area contributed by atoms with E-state index in [-0.39, 0.29) is 0 Å². The molecule has 0 saturated carbocycles. The van der Waals surface area contributed by atoms with Crippen LogP contribution in [-0.4, -0.2) is 14.2 Å².